The van der Waals surface area contributed by atoms with Crippen molar-refractivity contribution in [1.82, 2.24) is 4.90 Å². The van der Waals surface area contributed by atoms with Crippen molar-refractivity contribution in [2.45, 2.75) is 6.42 Å². The Bertz CT molecular complexity index is 514. The van der Waals surface area contributed by atoms with Crippen LogP contribution in [0.1, 0.15) is 17.5 Å². The molecule has 2 rings (SSSR count). The number of carbonyl (C=O) groups is 1. The van der Waals surface area contributed by atoms with Gasteiger partial charge in [0.25, 0.3) is 0 Å². The highest BCUT2D eigenvalue weighted by molar-refractivity contribution is 5.71. The number of nitrogens with zero attached hydrogens (tertiary/aromatic N) is 2. The van der Waals surface area contributed by atoms with Crippen molar-refractivity contribution in [2.75, 3.05) is 13.1 Å². The lowest BCUT2D eigenvalue weighted by Gasteiger charge is -2.23. The molecular weight excluding hydrogens is 216 g/mol. The Balaban J connectivity index is 2.19. The fourth-order valence-corrected chi connectivity index (χ4v) is 1.89. The molecule has 0 saturated carbocycles. The molecule has 86 valence electrons. The molecule has 1 heterocycles. The van der Waals surface area contributed by atoms with E-state index in [-0.39, 0.29) is 0 Å². The third-order valence-corrected chi connectivity index (χ3v) is 2.84. The van der Waals surface area contributed by atoms with E-state index in [4.69, 9.17) is 10.4 Å². The predicted octanol–water partition coefficient (Wildman–Crippen LogP) is 2.33. The van der Waals surface area contributed by atoms with Gasteiger partial charge < -0.3 is 10.0 Å². The molecule has 0 spiro atoms. The summed E-state index contributed by atoms with van der Waals surface area (Å²) in [5.74, 6) is 0. The first kappa shape index (κ1) is 11.2. The van der Waals surface area contributed by atoms with Crippen LogP contribution in [0.25, 0.3) is 5.57 Å². The lowest BCUT2D eigenvalue weighted by molar-refractivity contribution is 0.150. The molecule has 0 unspecified atom stereocenters. The lowest BCUT2D eigenvalue weighted by Crippen LogP contribution is -2.33. The summed E-state index contributed by atoms with van der Waals surface area (Å²) in [5.41, 5.74) is 2.75. The smallest absolute Gasteiger partial charge is 0.407 e. The maximum absolute atomic E-state index is 10.8. The first-order valence-corrected chi connectivity index (χ1v) is 5.38. The van der Waals surface area contributed by atoms with E-state index in [0.29, 0.717) is 25.1 Å². The highest BCUT2D eigenvalue weighted by Gasteiger charge is 2.16. The van der Waals surface area contributed by atoms with Gasteiger partial charge in [-0.1, -0.05) is 18.2 Å². The predicted molar refractivity (Wildman–Crippen MR) is 63.3 cm³/mol. The molecule has 1 aromatic carbocycles. The van der Waals surface area contributed by atoms with Crippen LogP contribution in [0.4, 0.5) is 4.79 Å². The van der Waals surface area contributed by atoms with Crippen molar-refractivity contribution in [2.24, 2.45) is 0 Å². The van der Waals surface area contributed by atoms with Crippen molar-refractivity contribution >= 4 is 11.7 Å². The van der Waals surface area contributed by atoms with Gasteiger partial charge in [0.2, 0.25) is 0 Å². The second-order valence-corrected chi connectivity index (χ2v) is 3.90. The average Bonchev–Trinajstić information content (AvgIpc) is 2.39. The molecule has 0 fully saturated rings. The number of amides is 1. The fraction of sp³-hybridized carbons (Fsp3) is 0.231. The van der Waals surface area contributed by atoms with E-state index in [1.54, 1.807) is 6.07 Å². The Morgan fingerprint density at radius 2 is 2.29 bits per heavy atom. The zero-order chi connectivity index (χ0) is 12.3. The van der Waals surface area contributed by atoms with Gasteiger partial charge in [-0.15, -0.1) is 0 Å². The summed E-state index contributed by atoms with van der Waals surface area (Å²) in [6.45, 7) is 0.930. The van der Waals surface area contributed by atoms with E-state index >= 15 is 0 Å². The van der Waals surface area contributed by atoms with E-state index in [1.807, 2.05) is 24.3 Å². The van der Waals surface area contributed by atoms with Crippen molar-refractivity contribution in [1.29, 1.82) is 5.26 Å². The standard InChI is InChI=1S/C13H12N2O2/c14-9-10-2-1-3-12(8-10)11-4-6-15(7-5-11)13(16)17/h1-4,8H,5-7H2,(H,16,17). The second-order valence-electron chi connectivity index (χ2n) is 3.90. The van der Waals surface area contributed by atoms with Crippen LogP contribution in [-0.2, 0) is 0 Å². The van der Waals surface area contributed by atoms with Crippen molar-refractivity contribution in [3.05, 3.63) is 41.5 Å². The molecular formula is C13H12N2O2. The van der Waals surface area contributed by atoms with Crippen LogP contribution in [0.3, 0.4) is 0 Å². The number of nitriles is 1. The summed E-state index contributed by atoms with van der Waals surface area (Å²) < 4.78 is 0. The number of carboxylic acid groups (broad SMARTS) is 1. The van der Waals surface area contributed by atoms with Crippen LogP contribution in [0, 0.1) is 11.3 Å². The highest BCUT2D eigenvalue weighted by atomic mass is 16.4. The Hall–Kier alpha value is -2.28. The van der Waals surface area contributed by atoms with E-state index in [1.165, 1.54) is 4.90 Å². The van der Waals surface area contributed by atoms with Gasteiger partial charge >= 0.3 is 6.09 Å². The van der Waals surface area contributed by atoms with Gasteiger partial charge in [-0.05, 0) is 29.7 Å². The minimum atomic E-state index is -0.883. The summed E-state index contributed by atoms with van der Waals surface area (Å²) in [5, 5.41) is 17.7. The van der Waals surface area contributed by atoms with Gasteiger partial charge in [-0.3, -0.25) is 0 Å². The number of rotatable bonds is 1. The third kappa shape index (κ3) is 2.45. The van der Waals surface area contributed by atoms with Gasteiger partial charge in [0.1, 0.15) is 0 Å². The van der Waals surface area contributed by atoms with Crippen LogP contribution in [0.5, 0.6) is 0 Å². The molecule has 0 radical (unpaired) electrons. The lowest BCUT2D eigenvalue weighted by atomic mass is 9.98. The first-order chi connectivity index (χ1) is 8.20. The van der Waals surface area contributed by atoms with E-state index < -0.39 is 6.09 Å². The van der Waals surface area contributed by atoms with Gasteiger partial charge in [-0.25, -0.2) is 4.79 Å². The molecule has 1 N–H and O–H groups in total. The summed E-state index contributed by atoms with van der Waals surface area (Å²) in [6.07, 6.45) is 1.72. The molecule has 4 nitrogen and oxygen atoms in total. The maximum atomic E-state index is 10.8. The van der Waals surface area contributed by atoms with E-state index in [2.05, 4.69) is 6.07 Å². The molecule has 4 heteroatoms. The van der Waals surface area contributed by atoms with Crippen LogP contribution in [0.15, 0.2) is 30.3 Å². The topological polar surface area (TPSA) is 64.3 Å². The molecule has 17 heavy (non-hydrogen) atoms. The summed E-state index contributed by atoms with van der Waals surface area (Å²) >= 11 is 0. The minimum absolute atomic E-state index is 0.418. The van der Waals surface area contributed by atoms with Gasteiger partial charge in [0, 0.05) is 13.1 Å². The molecule has 1 aliphatic rings. The van der Waals surface area contributed by atoms with E-state index in [0.717, 1.165) is 11.1 Å². The molecule has 0 atom stereocenters. The normalized spacial score (nSPS) is 15.0. The summed E-state index contributed by atoms with van der Waals surface area (Å²) in [4.78, 5) is 12.1. The molecule has 0 bridgehead atoms. The van der Waals surface area contributed by atoms with Crippen LogP contribution in [0.2, 0.25) is 0 Å². The second kappa shape index (κ2) is 4.71. The highest BCUT2D eigenvalue weighted by Crippen LogP contribution is 2.22. The fourth-order valence-electron chi connectivity index (χ4n) is 1.89. The number of benzene rings is 1. The van der Waals surface area contributed by atoms with Crippen molar-refractivity contribution in [3.8, 4) is 6.07 Å². The zero-order valence-corrected chi connectivity index (χ0v) is 9.26. The van der Waals surface area contributed by atoms with E-state index in [9.17, 15) is 4.79 Å². The molecule has 1 aromatic rings. The van der Waals surface area contributed by atoms with Crippen LogP contribution in [-0.4, -0.2) is 29.2 Å². The average molecular weight is 228 g/mol. The Morgan fingerprint density at radius 3 is 2.88 bits per heavy atom. The van der Waals surface area contributed by atoms with Crippen molar-refractivity contribution in [3.63, 3.8) is 0 Å². The Kier molecular flexibility index (Phi) is 3.10. The molecule has 1 amide bonds. The summed E-state index contributed by atoms with van der Waals surface area (Å²) in [6, 6.07) is 9.49. The van der Waals surface area contributed by atoms with Gasteiger partial charge in [0.15, 0.2) is 0 Å². The molecule has 0 aromatic heterocycles. The zero-order valence-electron chi connectivity index (χ0n) is 9.26. The van der Waals surface area contributed by atoms with Gasteiger partial charge in [0.05, 0.1) is 11.6 Å². The van der Waals surface area contributed by atoms with Gasteiger partial charge in [-0.2, -0.15) is 5.26 Å². The number of hydrogen-bond acceptors (Lipinski definition) is 2. The number of hydrogen-bond donors (Lipinski definition) is 1. The molecule has 0 aliphatic carbocycles. The van der Waals surface area contributed by atoms with Crippen LogP contribution < -0.4 is 0 Å². The SMILES string of the molecule is N#Cc1cccc(C2=CCN(C(=O)O)CC2)c1. The Labute approximate surface area is 99.4 Å². The maximum Gasteiger partial charge on any atom is 0.407 e. The van der Waals surface area contributed by atoms with Crippen LogP contribution >= 0.6 is 0 Å². The monoisotopic (exact) mass is 228 g/mol. The molecule has 1 aliphatic heterocycles. The first-order valence-electron chi connectivity index (χ1n) is 5.38. The Morgan fingerprint density at radius 1 is 1.47 bits per heavy atom. The third-order valence-electron chi connectivity index (χ3n) is 2.84. The quantitative estimate of drug-likeness (QED) is 0.802. The minimum Gasteiger partial charge on any atom is -0.465 e. The van der Waals surface area contributed by atoms with Crippen molar-refractivity contribution < 1.29 is 9.90 Å². The summed E-state index contributed by atoms with van der Waals surface area (Å²) in [7, 11) is 0. The molecule has 0 saturated heterocycles. The largest absolute Gasteiger partial charge is 0.465 e.